The lowest BCUT2D eigenvalue weighted by atomic mass is 10.0. The summed E-state index contributed by atoms with van der Waals surface area (Å²) in [4.78, 5) is 35.4. The van der Waals surface area contributed by atoms with Crippen LogP contribution in [0.3, 0.4) is 0 Å². The number of hydrogen-bond donors (Lipinski definition) is 2. The summed E-state index contributed by atoms with van der Waals surface area (Å²) >= 11 is 0. The number of unbranched alkanes of at least 4 members (excludes halogenated alkanes) is 55. The first-order valence-corrected chi connectivity index (χ1v) is 40.0. The molecule has 0 saturated heterocycles. The summed E-state index contributed by atoms with van der Waals surface area (Å²) in [6, 6.07) is 0. The Labute approximate surface area is 541 Å². The van der Waals surface area contributed by atoms with Gasteiger partial charge in [-0.15, -0.1) is 0 Å². The van der Waals surface area contributed by atoms with Gasteiger partial charge in [-0.25, -0.2) is 4.57 Å². The molecule has 0 aromatic heterocycles. The predicted octanol–water partition coefficient (Wildman–Crippen LogP) is 25.4. The molecule has 514 valence electrons. The molecule has 2 atom stereocenters. The Morgan fingerprint density at radius 3 is 0.885 bits per heavy atom. The lowest BCUT2D eigenvalue weighted by Crippen LogP contribution is -2.29. The van der Waals surface area contributed by atoms with Gasteiger partial charge in [0, 0.05) is 19.4 Å². The average Bonchev–Trinajstić information content (AvgIpc) is 3.62. The van der Waals surface area contributed by atoms with Gasteiger partial charge in [0.15, 0.2) is 6.10 Å². The van der Waals surface area contributed by atoms with E-state index < -0.39 is 26.5 Å². The van der Waals surface area contributed by atoms with Crippen molar-refractivity contribution in [1.29, 1.82) is 0 Å². The molecule has 0 radical (unpaired) electrons. The molecule has 3 N–H and O–H groups in total. The van der Waals surface area contributed by atoms with E-state index in [-0.39, 0.29) is 38.6 Å². The normalized spacial score (nSPS) is 13.0. The summed E-state index contributed by atoms with van der Waals surface area (Å²) in [5.74, 6) is -0.808. The first kappa shape index (κ1) is 85.2. The molecular weight excluding hydrogens is 1100 g/mol. The molecule has 0 aliphatic carbocycles. The summed E-state index contributed by atoms with van der Waals surface area (Å²) in [6.45, 7) is 3.81. The summed E-state index contributed by atoms with van der Waals surface area (Å²) < 4.78 is 33.2. The van der Waals surface area contributed by atoms with E-state index in [1.54, 1.807) is 0 Å². The number of rotatable bonds is 74. The van der Waals surface area contributed by atoms with Crippen LogP contribution in [-0.2, 0) is 32.7 Å². The third-order valence-electron chi connectivity index (χ3n) is 17.5. The second-order valence-corrected chi connectivity index (χ2v) is 27.7. The molecule has 0 aromatic rings. The van der Waals surface area contributed by atoms with Crippen molar-refractivity contribution in [1.82, 2.24) is 0 Å². The van der Waals surface area contributed by atoms with Crippen molar-refractivity contribution in [2.45, 2.75) is 418 Å². The minimum absolute atomic E-state index is 0.0549. The van der Waals surface area contributed by atoms with Gasteiger partial charge in [0.1, 0.15) is 6.61 Å². The monoisotopic (exact) mass is 1250 g/mol. The van der Waals surface area contributed by atoms with Crippen LogP contribution in [0.4, 0.5) is 0 Å². The van der Waals surface area contributed by atoms with Crippen LogP contribution in [0, 0.1) is 0 Å². The van der Waals surface area contributed by atoms with E-state index in [1.165, 1.54) is 327 Å². The van der Waals surface area contributed by atoms with E-state index in [0.717, 1.165) is 51.4 Å². The van der Waals surface area contributed by atoms with Crippen molar-refractivity contribution in [2.75, 3.05) is 26.4 Å². The third-order valence-corrected chi connectivity index (χ3v) is 18.5. The Morgan fingerprint density at radius 2 is 0.598 bits per heavy atom. The van der Waals surface area contributed by atoms with Gasteiger partial charge in [-0.1, -0.05) is 384 Å². The number of carbonyl (C=O) groups is 2. The average molecular weight is 1250 g/mol. The van der Waals surface area contributed by atoms with E-state index in [9.17, 15) is 19.0 Å². The zero-order valence-electron chi connectivity index (χ0n) is 58.0. The molecule has 0 heterocycles. The van der Waals surface area contributed by atoms with Crippen molar-refractivity contribution in [2.24, 2.45) is 5.73 Å². The molecule has 0 aliphatic heterocycles. The van der Waals surface area contributed by atoms with Gasteiger partial charge >= 0.3 is 19.8 Å². The minimum atomic E-state index is -4.39. The Balaban J connectivity index is 3.75. The fraction of sp³-hybridized carbons (Fsp3) is 0.896. The number of carbonyl (C=O) groups excluding carboxylic acids is 2. The Morgan fingerprint density at radius 1 is 0.345 bits per heavy atom. The van der Waals surface area contributed by atoms with Crippen molar-refractivity contribution in [3.63, 3.8) is 0 Å². The molecule has 0 rings (SSSR count). The van der Waals surface area contributed by atoms with Crippen molar-refractivity contribution >= 4 is 19.8 Å². The fourth-order valence-electron chi connectivity index (χ4n) is 11.8. The van der Waals surface area contributed by atoms with E-state index >= 15 is 0 Å². The van der Waals surface area contributed by atoms with Gasteiger partial charge in [0.05, 0.1) is 13.2 Å². The van der Waals surface area contributed by atoms with E-state index in [0.29, 0.717) is 6.42 Å². The molecule has 2 unspecified atom stereocenters. The van der Waals surface area contributed by atoms with E-state index in [1.807, 2.05) is 0 Å². The molecule has 0 spiro atoms. The van der Waals surface area contributed by atoms with E-state index in [4.69, 9.17) is 24.3 Å². The molecule has 0 aromatic carbocycles. The lowest BCUT2D eigenvalue weighted by Gasteiger charge is -2.19. The fourth-order valence-corrected chi connectivity index (χ4v) is 12.6. The van der Waals surface area contributed by atoms with Gasteiger partial charge < -0.3 is 20.1 Å². The van der Waals surface area contributed by atoms with Crippen molar-refractivity contribution in [3.05, 3.63) is 36.5 Å². The second-order valence-electron chi connectivity index (χ2n) is 26.2. The van der Waals surface area contributed by atoms with Crippen molar-refractivity contribution < 1.29 is 37.6 Å². The maximum atomic E-state index is 12.8. The molecule has 0 fully saturated rings. The van der Waals surface area contributed by atoms with Gasteiger partial charge in [-0.05, 0) is 51.4 Å². The van der Waals surface area contributed by atoms with Gasteiger partial charge in [0.2, 0.25) is 0 Å². The lowest BCUT2D eigenvalue weighted by molar-refractivity contribution is -0.161. The molecular formula is C77H148NO8P. The molecule has 10 heteroatoms. The SMILES string of the molecule is CCCCCCC/C=C\C/C=C\C/C=C\CCCCCCCCCCCCCCC(=O)OC(COC(=O)CCCCCCCCCCCCCCCCCCCCCCCCCCCCCCCCCCCCCCCCC)COP(=O)(O)OCCN. The maximum absolute atomic E-state index is 12.8. The highest BCUT2D eigenvalue weighted by atomic mass is 31.2. The summed E-state index contributed by atoms with van der Waals surface area (Å²) in [7, 11) is -4.39. The molecule has 0 aliphatic rings. The van der Waals surface area contributed by atoms with Crippen LogP contribution < -0.4 is 5.73 Å². The van der Waals surface area contributed by atoms with Crippen LogP contribution in [0.25, 0.3) is 0 Å². The van der Waals surface area contributed by atoms with Crippen LogP contribution in [-0.4, -0.2) is 49.3 Å². The van der Waals surface area contributed by atoms with Crippen LogP contribution >= 0.6 is 7.82 Å². The van der Waals surface area contributed by atoms with Gasteiger partial charge in [0.25, 0.3) is 0 Å². The largest absolute Gasteiger partial charge is 0.472 e. The summed E-state index contributed by atoms with van der Waals surface area (Å²) in [5, 5.41) is 0. The smallest absolute Gasteiger partial charge is 0.462 e. The molecule has 9 nitrogen and oxygen atoms in total. The number of esters is 2. The maximum Gasteiger partial charge on any atom is 0.472 e. The van der Waals surface area contributed by atoms with Gasteiger partial charge in [-0.3, -0.25) is 18.6 Å². The highest BCUT2D eigenvalue weighted by Crippen LogP contribution is 2.43. The second kappa shape index (κ2) is 73.3. The standard InChI is InChI=1S/C77H148NO8P/c1-3-5-7-9-11-13-15-17-19-21-23-25-27-29-31-32-33-34-35-36-37-38-39-40-41-42-44-45-47-49-51-53-55-57-59-61-63-65-67-69-76(79)83-73-75(74-85-87(81,82)84-72-71-78)86-77(80)70-68-66-64-62-60-58-56-54-52-50-48-46-43-30-28-26-24-22-20-18-16-14-12-10-8-6-4-2/h16,18,22,24,28,30,75H,3-15,17,19-21,23,25-27,29,31-74,78H2,1-2H3,(H,81,82)/b18-16-,24-22-,30-28-. The number of nitrogens with two attached hydrogens (primary N) is 1. The Bertz CT molecular complexity index is 1520. The van der Waals surface area contributed by atoms with Crippen LogP contribution in [0.1, 0.15) is 412 Å². The molecule has 0 amide bonds. The van der Waals surface area contributed by atoms with Gasteiger partial charge in [-0.2, -0.15) is 0 Å². The first-order chi connectivity index (χ1) is 42.8. The van der Waals surface area contributed by atoms with Crippen LogP contribution in [0.2, 0.25) is 0 Å². The Hall–Kier alpha value is -1.77. The molecule has 0 saturated carbocycles. The topological polar surface area (TPSA) is 134 Å². The number of allylic oxidation sites excluding steroid dienone is 6. The van der Waals surface area contributed by atoms with Crippen LogP contribution in [0.15, 0.2) is 36.5 Å². The zero-order valence-corrected chi connectivity index (χ0v) is 58.9. The predicted molar refractivity (Wildman–Crippen MR) is 377 cm³/mol. The zero-order chi connectivity index (χ0) is 63.0. The highest BCUT2D eigenvalue weighted by molar-refractivity contribution is 7.47. The third kappa shape index (κ3) is 73.2. The summed E-state index contributed by atoms with van der Waals surface area (Å²) in [5.41, 5.74) is 5.41. The first-order valence-electron chi connectivity index (χ1n) is 38.5. The number of phosphoric ester groups is 1. The van der Waals surface area contributed by atoms with Crippen molar-refractivity contribution in [3.8, 4) is 0 Å². The van der Waals surface area contributed by atoms with E-state index in [2.05, 4.69) is 50.3 Å². The summed E-state index contributed by atoms with van der Waals surface area (Å²) in [6.07, 6.45) is 92.8. The minimum Gasteiger partial charge on any atom is -0.462 e. The Kier molecular flexibility index (Phi) is 71.8. The number of ether oxygens (including phenoxy) is 2. The van der Waals surface area contributed by atoms with Crippen LogP contribution in [0.5, 0.6) is 0 Å². The molecule has 0 bridgehead atoms. The quantitative estimate of drug-likeness (QED) is 0.0264. The number of phosphoric acid groups is 1. The number of hydrogen-bond acceptors (Lipinski definition) is 8. The highest BCUT2D eigenvalue weighted by Gasteiger charge is 2.26. The molecule has 87 heavy (non-hydrogen) atoms.